The van der Waals surface area contributed by atoms with Crippen LogP contribution in [0.5, 0.6) is 5.75 Å². The first-order valence-corrected chi connectivity index (χ1v) is 5.94. The summed E-state index contributed by atoms with van der Waals surface area (Å²) in [6.07, 6.45) is 1.60. The largest absolute Gasteiger partial charge is 0.492 e. The minimum atomic E-state index is -0.0213. The van der Waals surface area contributed by atoms with Crippen LogP contribution in [0.4, 0.5) is 0 Å². The molecule has 0 saturated heterocycles. The number of rotatable bonds is 4. The van der Waals surface area contributed by atoms with E-state index in [0.29, 0.717) is 23.8 Å². The second-order valence-corrected chi connectivity index (χ2v) is 4.64. The van der Waals surface area contributed by atoms with Gasteiger partial charge in [0.25, 0.3) is 0 Å². The fourth-order valence-electron chi connectivity index (χ4n) is 1.71. The highest BCUT2D eigenvalue weighted by Gasteiger charge is 2.12. The number of fused-ring (bicyclic) bond motifs is 1. The molecule has 1 aromatic heterocycles. The van der Waals surface area contributed by atoms with Crippen molar-refractivity contribution in [2.45, 2.75) is 13.8 Å². The van der Waals surface area contributed by atoms with Crippen LogP contribution in [-0.4, -0.2) is 17.4 Å². The monoisotopic (exact) mass is 243 g/mol. The zero-order valence-electron chi connectivity index (χ0n) is 10.6. The van der Waals surface area contributed by atoms with Crippen molar-refractivity contribution >= 4 is 16.7 Å². The smallest absolute Gasteiger partial charge is 0.141 e. The first-order chi connectivity index (χ1) is 8.59. The third kappa shape index (κ3) is 2.42. The number of nitrogens with zero attached hydrogens (tertiary/aromatic N) is 1. The summed E-state index contributed by atoms with van der Waals surface area (Å²) in [5.41, 5.74) is 6.97. The maximum atomic E-state index is 7.60. The van der Waals surface area contributed by atoms with Crippen molar-refractivity contribution in [1.82, 2.24) is 4.98 Å². The van der Waals surface area contributed by atoms with Crippen molar-refractivity contribution in [3.8, 4) is 5.75 Å². The molecule has 4 nitrogen and oxygen atoms in total. The van der Waals surface area contributed by atoms with E-state index in [1.807, 2.05) is 24.3 Å². The number of amidine groups is 1. The Morgan fingerprint density at radius 3 is 2.78 bits per heavy atom. The second-order valence-electron chi connectivity index (χ2n) is 4.64. The highest BCUT2D eigenvalue weighted by atomic mass is 16.5. The quantitative estimate of drug-likeness (QED) is 0.640. The first-order valence-electron chi connectivity index (χ1n) is 5.94. The Morgan fingerprint density at radius 1 is 1.39 bits per heavy atom. The third-order valence-corrected chi connectivity index (χ3v) is 2.58. The lowest BCUT2D eigenvalue weighted by Gasteiger charge is -2.14. The molecule has 94 valence electrons. The van der Waals surface area contributed by atoms with E-state index in [1.54, 1.807) is 6.20 Å². The van der Waals surface area contributed by atoms with E-state index in [0.717, 1.165) is 10.9 Å². The maximum absolute atomic E-state index is 7.60. The highest BCUT2D eigenvalue weighted by molar-refractivity contribution is 6.02. The van der Waals surface area contributed by atoms with Gasteiger partial charge in [0, 0.05) is 11.6 Å². The summed E-state index contributed by atoms with van der Waals surface area (Å²) in [5, 5.41) is 8.49. The topological polar surface area (TPSA) is 72.0 Å². The maximum Gasteiger partial charge on any atom is 0.141 e. The molecule has 0 aliphatic rings. The molecule has 3 N–H and O–H groups in total. The molecule has 2 rings (SSSR count). The average molecular weight is 243 g/mol. The Balaban J connectivity index is 2.55. The van der Waals surface area contributed by atoms with Gasteiger partial charge in [0.15, 0.2) is 0 Å². The Labute approximate surface area is 106 Å². The Hall–Kier alpha value is -2.10. The van der Waals surface area contributed by atoms with Crippen LogP contribution in [-0.2, 0) is 0 Å². The molecule has 0 atom stereocenters. The molecule has 0 bridgehead atoms. The van der Waals surface area contributed by atoms with Crippen molar-refractivity contribution in [3.63, 3.8) is 0 Å². The van der Waals surface area contributed by atoms with Gasteiger partial charge < -0.3 is 10.5 Å². The predicted octanol–water partition coefficient (Wildman–Crippen LogP) is 2.55. The molecule has 0 spiro atoms. The number of hydrogen-bond donors (Lipinski definition) is 2. The Bertz CT molecular complexity index is 578. The van der Waals surface area contributed by atoms with E-state index in [1.165, 1.54) is 0 Å². The van der Waals surface area contributed by atoms with Crippen LogP contribution in [0, 0.1) is 11.3 Å². The SMILES string of the molecule is CC(C)COc1c(C(=N)N)cnc2ccccc12. The molecule has 4 heteroatoms. The number of nitrogens with two attached hydrogens (primary N) is 1. The molecule has 2 aromatic rings. The molecule has 0 fully saturated rings. The molecule has 1 aromatic carbocycles. The fraction of sp³-hybridized carbons (Fsp3) is 0.286. The number of ether oxygens (including phenoxy) is 1. The van der Waals surface area contributed by atoms with Gasteiger partial charge in [-0.15, -0.1) is 0 Å². The number of nitrogens with one attached hydrogen (secondary N) is 1. The number of pyridine rings is 1. The van der Waals surface area contributed by atoms with E-state index < -0.39 is 0 Å². The highest BCUT2D eigenvalue weighted by Crippen LogP contribution is 2.28. The van der Waals surface area contributed by atoms with Gasteiger partial charge in [-0.25, -0.2) is 0 Å². The second kappa shape index (κ2) is 5.04. The molecule has 0 aliphatic heterocycles. The number of benzene rings is 1. The van der Waals surface area contributed by atoms with Crippen LogP contribution in [0.2, 0.25) is 0 Å². The normalized spacial score (nSPS) is 10.8. The zero-order valence-corrected chi connectivity index (χ0v) is 10.6. The molecule has 0 aliphatic carbocycles. The van der Waals surface area contributed by atoms with Crippen LogP contribution in [0.3, 0.4) is 0 Å². The summed E-state index contributed by atoms with van der Waals surface area (Å²) in [6, 6.07) is 7.71. The molecule has 0 saturated carbocycles. The van der Waals surface area contributed by atoms with E-state index in [2.05, 4.69) is 18.8 Å². The van der Waals surface area contributed by atoms with Gasteiger partial charge in [-0.3, -0.25) is 10.4 Å². The van der Waals surface area contributed by atoms with E-state index >= 15 is 0 Å². The number of nitrogen functional groups attached to an aromatic ring is 1. The Kier molecular flexibility index (Phi) is 3.46. The lowest BCUT2D eigenvalue weighted by atomic mass is 10.1. The molecule has 0 amide bonds. The summed E-state index contributed by atoms with van der Waals surface area (Å²) < 4.78 is 5.81. The fourth-order valence-corrected chi connectivity index (χ4v) is 1.71. The summed E-state index contributed by atoms with van der Waals surface area (Å²) in [5.74, 6) is 1.05. The molecule has 18 heavy (non-hydrogen) atoms. The van der Waals surface area contributed by atoms with E-state index in [9.17, 15) is 0 Å². The lowest BCUT2D eigenvalue weighted by Crippen LogP contribution is -2.15. The zero-order chi connectivity index (χ0) is 13.1. The van der Waals surface area contributed by atoms with Crippen molar-refractivity contribution in [3.05, 3.63) is 36.0 Å². The summed E-state index contributed by atoms with van der Waals surface area (Å²) in [7, 11) is 0. The molecular weight excluding hydrogens is 226 g/mol. The summed E-state index contributed by atoms with van der Waals surface area (Å²) in [6.45, 7) is 4.75. The third-order valence-electron chi connectivity index (χ3n) is 2.58. The van der Waals surface area contributed by atoms with Crippen LogP contribution < -0.4 is 10.5 Å². The van der Waals surface area contributed by atoms with Crippen molar-refractivity contribution in [2.75, 3.05) is 6.61 Å². The summed E-state index contributed by atoms with van der Waals surface area (Å²) >= 11 is 0. The minimum absolute atomic E-state index is 0.0213. The lowest BCUT2D eigenvalue weighted by molar-refractivity contribution is 0.273. The van der Waals surface area contributed by atoms with E-state index in [-0.39, 0.29) is 5.84 Å². The van der Waals surface area contributed by atoms with Crippen LogP contribution >= 0.6 is 0 Å². The van der Waals surface area contributed by atoms with Crippen molar-refractivity contribution < 1.29 is 4.74 Å². The van der Waals surface area contributed by atoms with Gasteiger partial charge in [0.1, 0.15) is 11.6 Å². The van der Waals surface area contributed by atoms with Gasteiger partial charge in [-0.2, -0.15) is 0 Å². The van der Waals surface area contributed by atoms with E-state index in [4.69, 9.17) is 15.9 Å². The van der Waals surface area contributed by atoms with Gasteiger partial charge in [-0.1, -0.05) is 26.0 Å². The van der Waals surface area contributed by atoms with Gasteiger partial charge in [0.05, 0.1) is 17.7 Å². The molecule has 0 radical (unpaired) electrons. The van der Waals surface area contributed by atoms with Crippen LogP contribution in [0.1, 0.15) is 19.4 Å². The molecule has 0 unspecified atom stereocenters. The number of aromatic nitrogens is 1. The molecule has 1 heterocycles. The van der Waals surface area contributed by atoms with Gasteiger partial charge in [0.2, 0.25) is 0 Å². The van der Waals surface area contributed by atoms with Gasteiger partial charge in [-0.05, 0) is 18.1 Å². The minimum Gasteiger partial charge on any atom is -0.492 e. The van der Waals surface area contributed by atoms with Crippen LogP contribution in [0.15, 0.2) is 30.5 Å². The predicted molar refractivity (Wildman–Crippen MR) is 73.1 cm³/mol. The first kappa shape index (κ1) is 12.4. The average Bonchev–Trinajstić information content (AvgIpc) is 2.35. The standard InChI is InChI=1S/C14H17N3O/c1-9(2)8-18-13-10-5-3-4-6-12(10)17-7-11(13)14(15)16/h3-7,9H,8H2,1-2H3,(H3,15,16). The van der Waals surface area contributed by atoms with Crippen molar-refractivity contribution in [1.29, 1.82) is 5.41 Å². The van der Waals surface area contributed by atoms with Gasteiger partial charge >= 0.3 is 0 Å². The Morgan fingerprint density at radius 2 is 2.11 bits per heavy atom. The summed E-state index contributed by atoms with van der Waals surface area (Å²) in [4.78, 5) is 4.29. The number of para-hydroxylation sites is 1. The number of hydrogen-bond acceptors (Lipinski definition) is 3. The van der Waals surface area contributed by atoms with Crippen molar-refractivity contribution in [2.24, 2.45) is 11.7 Å². The molecular formula is C14H17N3O. The van der Waals surface area contributed by atoms with Crippen LogP contribution in [0.25, 0.3) is 10.9 Å².